The minimum atomic E-state index is -0.0548. The summed E-state index contributed by atoms with van der Waals surface area (Å²) >= 11 is 0. The summed E-state index contributed by atoms with van der Waals surface area (Å²) in [5, 5.41) is 2.85. The predicted molar refractivity (Wildman–Crippen MR) is 82.5 cm³/mol. The highest BCUT2D eigenvalue weighted by Crippen LogP contribution is 2.24. The fraction of sp³-hybridized carbons (Fsp3) is 0.533. The quantitative estimate of drug-likeness (QED) is 0.819. The maximum atomic E-state index is 12.1. The van der Waals surface area contributed by atoms with E-state index < -0.39 is 0 Å². The second-order valence-electron chi connectivity index (χ2n) is 5.46. The molecule has 21 heavy (non-hydrogen) atoms. The first-order valence-corrected chi connectivity index (χ1v) is 7.09. The van der Waals surface area contributed by atoms with E-state index in [4.69, 9.17) is 15.2 Å². The van der Waals surface area contributed by atoms with Crippen molar-refractivity contribution in [2.45, 2.75) is 26.1 Å². The van der Waals surface area contributed by atoms with Crippen LogP contribution in [0.2, 0.25) is 0 Å². The molecule has 1 fully saturated rings. The molecule has 0 aromatic heterocycles. The summed E-state index contributed by atoms with van der Waals surface area (Å²) in [6.45, 7) is 5.92. The Kier molecular flexibility index (Phi) is 5.03. The van der Waals surface area contributed by atoms with E-state index in [1.807, 2.05) is 13.8 Å². The smallest absolute Gasteiger partial charge is 0.238 e. The largest absolute Gasteiger partial charge is 0.495 e. The number of hydrogen-bond acceptors (Lipinski definition) is 5. The normalized spacial score (nSPS) is 22.8. The second-order valence-corrected chi connectivity index (χ2v) is 5.46. The highest BCUT2D eigenvalue weighted by Gasteiger charge is 2.23. The molecule has 3 N–H and O–H groups in total. The van der Waals surface area contributed by atoms with Gasteiger partial charge in [-0.05, 0) is 32.0 Å². The standard InChI is InChI=1S/C15H23N3O3/c1-10-7-18(8-11(2)21-10)9-15(19)17-12-4-5-14(20-3)13(16)6-12/h4-6,10-11H,7-9,16H2,1-3H3,(H,17,19). The number of carbonyl (C=O) groups is 1. The van der Waals surface area contributed by atoms with Gasteiger partial charge in [-0.1, -0.05) is 0 Å². The number of rotatable bonds is 4. The number of nitrogen functional groups attached to an aromatic ring is 1. The van der Waals surface area contributed by atoms with Crippen molar-refractivity contribution in [1.82, 2.24) is 4.90 Å². The number of ether oxygens (including phenoxy) is 2. The molecule has 116 valence electrons. The Hall–Kier alpha value is -1.79. The highest BCUT2D eigenvalue weighted by molar-refractivity contribution is 5.92. The van der Waals surface area contributed by atoms with Crippen LogP contribution in [0.1, 0.15) is 13.8 Å². The van der Waals surface area contributed by atoms with Crippen LogP contribution in [0.5, 0.6) is 5.75 Å². The minimum absolute atomic E-state index is 0.0548. The van der Waals surface area contributed by atoms with Crippen molar-refractivity contribution < 1.29 is 14.3 Å². The van der Waals surface area contributed by atoms with Crippen LogP contribution in [0.3, 0.4) is 0 Å². The lowest BCUT2D eigenvalue weighted by Gasteiger charge is -2.34. The number of nitrogens with zero attached hydrogens (tertiary/aromatic N) is 1. The van der Waals surface area contributed by atoms with E-state index in [1.54, 1.807) is 25.3 Å². The predicted octanol–water partition coefficient (Wildman–Crippen LogP) is 1.33. The monoisotopic (exact) mass is 293 g/mol. The van der Waals surface area contributed by atoms with Crippen LogP contribution in [0, 0.1) is 0 Å². The van der Waals surface area contributed by atoms with Crippen LogP contribution < -0.4 is 15.8 Å². The molecule has 0 bridgehead atoms. The molecule has 0 saturated carbocycles. The zero-order valence-corrected chi connectivity index (χ0v) is 12.8. The number of benzene rings is 1. The Morgan fingerprint density at radius 1 is 1.43 bits per heavy atom. The average molecular weight is 293 g/mol. The van der Waals surface area contributed by atoms with Crippen molar-refractivity contribution in [3.05, 3.63) is 18.2 Å². The molecule has 1 aromatic carbocycles. The third-order valence-electron chi connectivity index (χ3n) is 3.38. The van der Waals surface area contributed by atoms with Crippen molar-refractivity contribution in [2.75, 3.05) is 37.8 Å². The summed E-state index contributed by atoms with van der Waals surface area (Å²) in [7, 11) is 1.56. The maximum absolute atomic E-state index is 12.1. The van der Waals surface area contributed by atoms with Crippen LogP contribution in [0.4, 0.5) is 11.4 Å². The summed E-state index contributed by atoms with van der Waals surface area (Å²) in [5.74, 6) is 0.546. The number of morpholine rings is 1. The summed E-state index contributed by atoms with van der Waals surface area (Å²) in [5.41, 5.74) is 7.00. The molecule has 2 unspecified atom stereocenters. The molecule has 1 aliphatic rings. The molecule has 1 aliphatic heterocycles. The third-order valence-corrected chi connectivity index (χ3v) is 3.38. The van der Waals surface area contributed by atoms with Crippen molar-refractivity contribution in [2.24, 2.45) is 0 Å². The van der Waals surface area contributed by atoms with Gasteiger partial charge in [-0.3, -0.25) is 9.69 Å². The first kappa shape index (κ1) is 15.6. The van der Waals surface area contributed by atoms with Gasteiger partial charge in [-0.2, -0.15) is 0 Å². The molecule has 1 heterocycles. The van der Waals surface area contributed by atoms with Gasteiger partial charge >= 0.3 is 0 Å². The Balaban J connectivity index is 1.91. The third kappa shape index (κ3) is 4.34. The van der Waals surface area contributed by atoms with E-state index in [0.717, 1.165) is 13.1 Å². The van der Waals surface area contributed by atoms with Crippen molar-refractivity contribution in [3.8, 4) is 5.75 Å². The number of nitrogens with two attached hydrogens (primary N) is 1. The van der Waals surface area contributed by atoms with Crippen LogP contribution >= 0.6 is 0 Å². The molecule has 0 radical (unpaired) electrons. The molecule has 0 spiro atoms. The van der Waals surface area contributed by atoms with Gasteiger partial charge in [0.05, 0.1) is 31.5 Å². The first-order chi connectivity index (χ1) is 9.97. The average Bonchev–Trinajstić information content (AvgIpc) is 2.37. The zero-order valence-electron chi connectivity index (χ0n) is 12.8. The first-order valence-electron chi connectivity index (χ1n) is 7.09. The Bertz CT molecular complexity index is 497. The van der Waals surface area contributed by atoms with Crippen LogP contribution in [-0.4, -0.2) is 49.8 Å². The van der Waals surface area contributed by atoms with Gasteiger partial charge in [0.15, 0.2) is 0 Å². The molecule has 1 saturated heterocycles. The number of amides is 1. The molecule has 1 amide bonds. The highest BCUT2D eigenvalue weighted by atomic mass is 16.5. The molecule has 6 heteroatoms. The summed E-state index contributed by atoms with van der Waals surface area (Å²) in [4.78, 5) is 14.2. The number of nitrogens with one attached hydrogen (secondary N) is 1. The van der Waals surface area contributed by atoms with Gasteiger partial charge in [-0.15, -0.1) is 0 Å². The van der Waals surface area contributed by atoms with Gasteiger partial charge in [0.2, 0.25) is 5.91 Å². The van der Waals surface area contributed by atoms with E-state index in [0.29, 0.717) is 23.7 Å². The van der Waals surface area contributed by atoms with Gasteiger partial charge in [-0.25, -0.2) is 0 Å². The molecule has 2 rings (SSSR count). The fourth-order valence-corrected chi connectivity index (χ4v) is 2.63. The Labute approximate surface area is 125 Å². The summed E-state index contributed by atoms with van der Waals surface area (Å²) in [6, 6.07) is 5.21. The Morgan fingerprint density at radius 3 is 2.67 bits per heavy atom. The lowest BCUT2D eigenvalue weighted by atomic mass is 10.2. The van der Waals surface area contributed by atoms with E-state index in [2.05, 4.69) is 10.2 Å². The van der Waals surface area contributed by atoms with Crippen LogP contribution in [-0.2, 0) is 9.53 Å². The topological polar surface area (TPSA) is 76.8 Å². The SMILES string of the molecule is COc1ccc(NC(=O)CN2CC(C)OC(C)C2)cc1N. The second kappa shape index (κ2) is 6.78. The molecule has 6 nitrogen and oxygen atoms in total. The van der Waals surface area contributed by atoms with Crippen LogP contribution in [0.25, 0.3) is 0 Å². The number of anilines is 2. The van der Waals surface area contributed by atoms with Gasteiger partial charge in [0.1, 0.15) is 5.75 Å². The number of methoxy groups -OCH3 is 1. The Morgan fingerprint density at radius 2 is 2.10 bits per heavy atom. The lowest BCUT2D eigenvalue weighted by Crippen LogP contribution is -2.48. The molecule has 0 aliphatic carbocycles. The van der Waals surface area contributed by atoms with E-state index >= 15 is 0 Å². The molecular formula is C15H23N3O3. The maximum Gasteiger partial charge on any atom is 0.238 e. The summed E-state index contributed by atoms with van der Waals surface area (Å²) < 4.78 is 10.7. The summed E-state index contributed by atoms with van der Waals surface area (Å²) in [6.07, 6.45) is 0.302. The lowest BCUT2D eigenvalue weighted by molar-refractivity contribution is -0.121. The zero-order chi connectivity index (χ0) is 15.4. The van der Waals surface area contributed by atoms with Crippen molar-refractivity contribution >= 4 is 17.3 Å². The van der Waals surface area contributed by atoms with Gasteiger partial charge < -0.3 is 20.5 Å². The van der Waals surface area contributed by atoms with E-state index in [9.17, 15) is 4.79 Å². The number of carbonyl (C=O) groups excluding carboxylic acids is 1. The van der Waals surface area contributed by atoms with Crippen molar-refractivity contribution in [1.29, 1.82) is 0 Å². The minimum Gasteiger partial charge on any atom is -0.495 e. The van der Waals surface area contributed by atoms with Crippen LogP contribution in [0.15, 0.2) is 18.2 Å². The molecular weight excluding hydrogens is 270 g/mol. The van der Waals surface area contributed by atoms with Crippen molar-refractivity contribution in [3.63, 3.8) is 0 Å². The fourth-order valence-electron chi connectivity index (χ4n) is 2.63. The van der Waals surface area contributed by atoms with Gasteiger partial charge in [0, 0.05) is 18.8 Å². The van der Waals surface area contributed by atoms with E-state index in [1.165, 1.54) is 0 Å². The van der Waals surface area contributed by atoms with E-state index in [-0.39, 0.29) is 18.1 Å². The molecule has 1 aromatic rings. The molecule has 2 atom stereocenters. The van der Waals surface area contributed by atoms with Gasteiger partial charge in [0.25, 0.3) is 0 Å². The number of hydrogen-bond donors (Lipinski definition) is 2.